The van der Waals surface area contributed by atoms with Crippen molar-refractivity contribution in [1.29, 1.82) is 0 Å². The van der Waals surface area contributed by atoms with E-state index in [9.17, 15) is 13.2 Å². The highest BCUT2D eigenvalue weighted by molar-refractivity contribution is 7.89. The van der Waals surface area contributed by atoms with E-state index < -0.39 is 16.0 Å². The van der Waals surface area contributed by atoms with Gasteiger partial charge in [0.05, 0.1) is 12.7 Å². The molecule has 1 aromatic rings. The Bertz CT molecular complexity index is 553. The summed E-state index contributed by atoms with van der Waals surface area (Å²) in [4.78, 5) is 10.7. The fourth-order valence-electron chi connectivity index (χ4n) is 1.48. The number of nitrogens with one attached hydrogen (secondary N) is 1. The Labute approximate surface area is 112 Å². The lowest BCUT2D eigenvalue weighted by atomic mass is 10.2. The number of carboxylic acid groups (broad SMARTS) is 1. The van der Waals surface area contributed by atoms with Gasteiger partial charge in [-0.15, -0.1) is 0 Å². The van der Waals surface area contributed by atoms with E-state index >= 15 is 0 Å². The normalized spacial score (nSPS) is 11.3. The van der Waals surface area contributed by atoms with Crippen LogP contribution in [0, 0.1) is 0 Å². The molecule has 0 amide bonds. The van der Waals surface area contributed by atoms with Crippen LogP contribution >= 0.6 is 0 Å². The molecule has 0 aromatic heterocycles. The van der Waals surface area contributed by atoms with Gasteiger partial charge in [0, 0.05) is 6.54 Å². The fourth-order valence-corrected chi connectivity index (χ4v) is 2.75. The van der Waals surface area contributed by atoms with Crippen LogP contribution in [0.3, 0.4) is 0 Å². The standard InChI is InChI=1S/C12H17NO5S/c1-3-4-7-13-19(16,17)11-8-9(12(14)15)5-6-10(11)18-2/h5-6,8,13H,3-4,7H2,1-2H3,(H,14,15). The zero-order chi connectivity index (χ0) is 14.5. The Morgan fingerprint density at radius 1 is 1.42 bits per heavy atom. The summed E-state index contributed by atoms with van der Waals surface area (Å²) in [6.07, 6.45) is 1.56. The third-order valence-corrected chi connectivity index (χ3v) is 4.00. The lowest BCUT2D eigenvalue weighted by Gasteiger charge is -2.11. The summed E-state index contributed by atoms with van der Waals surface area (Å²) in [5, 5.41) is 8.90. The van der Waals surface area contributed by atoms with Crippen molar-refractivity contribution >= 4 is 16.0 Å². The SMILES string of the molecule is CCCCNS(=O)(=O)c1cc(C(=O)O)ccc1OC. The van der Waals surface area contributed by atoms with Gasteiger partial charge in [-0.25, -0.2) is 17.9 Å². The van der Waals surface area contributed by atoms with Gasteiger partial charge in [0.25, 0.3) is 0 Å². The molecule has 1 aromatic carbocycles. The molecule has 0 fully saturated rings. The maximum atomic E-state index is 12.1. The molecule has 0 radical (unpaired) electrons. The molecule has 7 heteroatoms. The molecule has 0 bridgehead atoms. The van der Waals surface area contributed by atoms with Crippen LogP contribution in [0.2, 0.25) is 0 Å². The Hall–Kier alpha value is -1.60. The zero-order valence-corrected chi connectivity index (χ0v) is 11.7. The van der Waals surface area contributed by atoms with E-state index in [1.54, 1.807) is 0 Å². The minimum Gasteiger partial charge on any atom is -0.495 e. The Balaban J connectivity index is 3.15. The maximum Gasteiger partial charge on any atom is 0.335 e. The molecule has 0 unspecified atom stereocenters. The number of hydrogen-bond donors (Lipinski definition) is 2. The smallest absolute Gasteiger partial charge is 0.335 e. The van der Waals surface area contributed by atoms with Gasteiger partial charge in [0.15, 0.2) is 0 Å². The van der Waals surface area contributed by atoms with Gasteiger partial charge in [-0.3, -0.25) is 0 Å². The van der Waals surface area contributed by atoms with E-state index in [0.29, 0.717) is 13.0 Å². The third kappa shape index (κ3) is 3.93. The highest BCUT2D eigenvalue weighted by Gasteiger charge is 2.20. The highest BCUT2D eigenvalue weighted by Crippen LogP contribution is 2.24. The van der Waals surface area contributed by atoms with Crippen LogP contribution in [0.15, 0.2) is 23.1 Å². The molecule has 19 heavy (non-hydrogen) atoms. The van der Waals surface area contributed by atoms with Gasteiger partial charge in [0.2, 0.25) is 10.0 Å². The van der Waals surface area contributed by atoms with Crippen molar-refractivity contribution < 1.29 is 23.1 Å². The number of sulfonamides is 1. The van der Waals surface area contributed by atoms with Crippen LogP contribution in [-0.4, -0.2) is 33.1 Å². The predicted molar refractivity (Wildman–Crippen MR) is 70.0 cm³/mol. The van der Waals surface area contributed by atoms with Crippen LogP contribution in [0.4, 0.5) is 0 Å². The van der Waals surface area contributed by atoms with Crippen molar-refractivity contribution in [3.8, 4) is 5.75 Å². The first-order chi connectivity index (χ1) is 8.92. The van der Waals surface area contributed by atoms with Crippen molar-refractivity contribution in [3.63, 3.8) is 0 Å². The van der Waals surface area contributed by atoms with Gasteiger partial charge in [-0.1, -0.05) is 13.3 Å². The monoisotopic (exact) mass is 287 g/mol. The molecule has 0 aliphatic heterocycles. The number of rotatable bonds is 7. The Morgan fingerprint density at radius 2 is 2.11 bits per heavy atom. The van der Waals surface area contributed by atoms with Crippen molar-refractivity contribution in [2.45, 2.75) is 24.7 Å². The Kier molecular flexibility index (Phi) is 5.31. The molecule has 0 heterocycles. The summed E-state index contributed by atoms with van der Waals surface area (Å²) in [7, 11) is -2.44. The van der Waals surface area contributed by atoms with Gasteiger partial charge in [-0.2, -0.15) is 0 Å². The number of carboxylic acids is 1. The van der Waals surface area contributed by atoms with E-state index in [2.05, 4.69) is 4.72 Å². The quantitative estimate of drug-likeness (QED) is 0.741. The van der Waals surface area contributed by atoms with Crippen LogP contribution in [0.25, 0.3) is 0 Å². The summed E-state index contributed by atoms with van der Waals surface area (Å²) < 4.78 is 31.5. The van der Waals surface area contributed by atoms with Crippen molar-refractivity contribution in [2.75, 3.05) is 13.7 Å². The minimum absolute atomic E-state index is 0.100. The molecule has 2 N–H and O–H groups in total. The number of ether oxygens (including phenoxy) is 1. The molecular weight excluding hydrogens is 270 g/mol. The minimum atomic E-state index is -3.77. The molecule has 6 nitrogen and oxygen atoms in total. The largest absolute Gasteiger partial charge is 0.495 e. The van der Waals surface area contributed by atoms with Crippen LogP contribution in [0.1, 0.15) is 30.1 Å². The molecule has 1 rings (SSSR count). The highest BCUT2D eigenvalue weighted by atomic mass is 32.2. The summed E-state index contributed by atoms with van der Waals surface area (Å²) >= 11 is 0. The lowest BCUT2D eigenvalue weighted by molar-refractivity contribution is 0.0696. The number of hydrogen-bond acceptors (Lipinski definition) is 4. The zero-order valence-electron chi connectivity index (χ0n) is 10.8. The third-order valence-electron chi connectivity index (χ3n) is 2.52. The van der Waals surface area contributed by atoms with Gasteiger partial charge in [-0.05, 0) is 24.6 Å². The number of methoxy groups -OCH3 is 1. The molecule has 106 valence electrons. The summed E-state index contributed by atoms with van der Waals surface area (Å²) in [5.41, 5.74) is -0.100. The van der Waals surface area contributed by atoms with Crippen molar-refractivity contribution in [1.82, 2.24) is 4.72 Å². The number of unbranched alkanes of at least 4 members (excludes halogenated alkanes) is 1. The molecule has 0 saturated carbocycles. The topological polar surface area (TPSA) is 92.7 Å². The van der Waals surface area contributed by atoms with Crippen LogP contribution in [0.5, 0.6) is 5.75 Å². The summed E-state index contributed by atoms with van der Waals surface area (Å²) in [5.74, 6) is -1.07. The van der Waals surface area contributed by atoms with E-state index in [0.717, 1.165) is 12.5 Å². The second kappa shape index (κ2) is 6.53. The van der Waals surface area contributed by atoms with Crippen LogP contribution < -0.4 is 9.46 Å². The van der Waals surface area contributed by atoms with E-state index in [4.69, 9.17) is 9.84 Å². The fraction of sp³-hybridized carbons (Fsp3) is 0.417. The lowest BCUT2D eigenvalue weighted by Crippen LogP contribution is -2.25. The molecule has 0 aliphatic carbocycles. The van der Waals surface area contributed by atoms with Gasteiger partial charge < -0.3 is 9.84 Å². The van der Waals surface area contributed by atoms with Crippen molar-refractivity contribution in [2.24, 2.45) is 0 Å². The first kappa shape index (κ1) is 15.5. The first-order valence-corrected chi connectivity index (χ1v) is 7.31. The summed E-state index contributed by atoms with van der Waals surface area (Å²) in [6, 6.07) is 3.72. The second-order valence-corrected chi connectivity index (χ2v) is 5.66. The summed E-state index contributed by atoms with van der Waals surface area (Å²) in [6.45, 7) is 2.25. The Morgan fingerprint density at radius 3 is 2.63 bits per heavy atom. The van der Waals surface area contributed by atoms with Gasteiger partial charge >= 0.3 is 5.97 Å². The molecule has 0 aliphatic rings. The van der Waals surface area contributed by atoms with Crippen molar-refractivity contribution in [3.05, 3.63) is 23.8 Å². The average Bonchev–Trinajstić information content (AvgIpc) is 2.38. The van der Waals surface area contributed by atoms with E-state index in [1.165, 1.54) is 19.2 Å². The molecule has 0 atom stereocenters. The molecule has 0 saturated heterocycles. The van der Waals surface area contributed by atoms with Crippen LogP contribution in [-0.2, 0) is 10.0 Å². The van der Waals surface area contributed by atoms with E-state index in [1.807, 2.05) is 6.92 Å². The molecule has 0 spiro atoms. The van der Waals surface area contributed by atoms with Gasteiger partial charge in [0.1, 0.15) is 10.6 Å². The second-order valence-electron chi connectivity index (χ2n) is 3.92. The predicted octanol–water partition coefficient (Wildman–Crippen LogP) is 1.47. The molecular formula is C12H17NO5S. The number of carbonyl (C=O) groups is 1. The maximum absolute atomic E-state index is 12.1. The number of benzene rings is 1. The van der Waals surface area contributed by atoms with E-state index in [-0.39, 0.29) is 16.2 Å². The number of aromatic carboxylic acids is 1. The first-order valence-electron chi connectivity index (χ1n) is 5.83. The average molecular weight is 287 g/mol.